The van der Waals surface area contributed by atoms with Crippen LogP contribution in [0.3, 0.4) is 0 Å². The van der Waals surface area contributed by atoms with Crippen molar-refractivity contribution in [3.63, 3.8) is 0 Å². The summed E-state index contributed by atoms with van der Waals surface area (Å²) in [6, 6.07) is 11.7. The van der Waals surface area contributed by atoms with E-state index in [1.54, 1.807) is 35.6 Å². The van der Waals surface area contributed by atoms with Crippen LogP contribution in [0, 0.1) is 0 Å². The Morgan fingerprint density at radius 1 is 1.05 bits per heavy atom. The zero-order chi connectivity index (χ0) is 12.9. The van der Waals surface area contributed by atoms with Crippen LogP contribution in [-0.4, -0.2) is 19.5 Å². The smallest absolute Gasteiger partial charge is 0.238 e. The average Bonchev–Trinajstić information content (AvgIpc) is 3.01. The van der Waals surface area contributed by atoms with Gasteiger partial charge in [-0.25, -0.2) is 9.97 Å². The first-order valence-corrected chi connectivity index (χ1v) is 5.90. The molecule has 0 saturated heterocycles. The summed E-state index contributed by atoms with van der Waals surface area (Å²) in [7, 11) is 0. The van der Waals surface area contributed by atoms with Crippen LogP contribution in [0.5, 0.6) is 5.88 Å². The molecule has 0 fully saturated rings. The quantitative estimate of drug-likeness (QED) is 0.714. The Balaban J connectivity index is 1.74. The van der Waals surface area contributed by atoms with E-state index in [1.807, 2.05) is 30.3 Å². The summed E-state index contributed by atoms with van der Waals surface area (Å²) in [6.45, 7) is 0.487. The number of rotatable bonds is 4. The maximum absolute atomic E-state index is 5.65. The fourth-order valence-corrected chi connectivity index (χ4v) is 1.65. The predicted octanol–water partition coefficient (Wildman–Crippen LogP) is 2.24. The van der Waals surface area contributed by atoms with Gasteiger partial charge in [-0.15, -0.1) is 0 Å². The summed E-state index contributed by atoms with van der Waals surface area (Å²) >= 11 is 0. The molecule has 0 amide bonds. The molecule has 0 N–H and O–H groups in total. The van der Waals surface area contributed by atoms with E-state index in [4.69, 9.17) is 4.74 Å². The molecule has 3 aromatic rings. The molecule has 5 nitrogen and oxygen atoms in total. The third-order valence-corrected chi connectivity index (χ3v) is 2.58. The summed E-state index contributed by atoms with van der Waals surface area (Å²) in [5, 5.41) is 0. The Kier molecular flexibility index (Phi) is 3.18. The van der Waals surface area contributed by atoms with Gasteiger partial charge in [0.1, 0.15) is 12.9 Å². The van der Waals surface area contributed by atoms with Crippen LogP contribution < -0.4 is 4.74 Å². The minimum atomic E-state index is 0.487. The second-order valence-electron chi connectivity index (χ2n) is 3.94. The molecule has 0 radical (unpaired) electrons. The van der Waals surface area contributed by atoms with E-state index in [1.165, 1.54) is 0 Å². The first-order valence-electron chi connectivity index (χ1n) is 5.90. The highest BCUT2D eigenvalue weighted by Crippen LogP contribution is 2.10. The van der Waals surface area contributed by atoms with Gasteiger partial charge in [0.15, 0.2) is 0 Å². The molecule has 1 aromatic carbocycles. The maximum atomic E-state index is 5.65. The van der Waals surface area contributed by atoms with E-state index in [2.05, 4.69) is 15.0 Å². The average molecular weight is 252 g/mol. The van der Waals surface area contributed by atoms with Crippen molar-refractivity contribution >= 4 is 0 Å². The van der Waals surface area contributed by atoms with Gasteiger partial charge in [0, 0.05) is 24.7 Å². The molecular weight excluding hydrogens is 240 g/mol. The van der Waals surface area contributed by atoms with Crippen LogP contribution in [0.25, 0.3) is 5.95 Å². The lowest BCUT2D eigenvalue weighted by Crippen LogP contribution is -2.02. The monoisotopic (exact) mass is 252 g/mol. The molecule has 94 valence electrons. The highest BCUT2D eigenvalue weighted by Gasteiger charge is 2.02. The lowest BCUT2D eigenvalue weighted by Gasteiger charge is -2.06. The van der Waals surface area contributed by atoms with Gasteiger partial charge in [-0.2, -0.15) is 4.98 Å². The highest BCUT2D eigenvalue weighted by molar-refractivity contribution is 5.19. The zero-order valence-corrected chi connectivity index (χ0v) is 10.2. The second kappa shape index (κ2) is 5.30. The fraction of sp³-hybridized carbons (Fsp3) is 0.0714. The van der Waals surface area contributed by atoms with E-state index in [9.17, 15) is 0 Å². The topological polar surface area (TPSA) is 52.8 Å². The number of hydrogen-bond donors (Lipinski definition) is 0. The Morgan fingerprint density at radius 3 is 2.74 bits per heavy atom. The fourth-order valence-electron chi connectivity index (χ4n) is 1.65. The van der Waals surface area contributed by atoms with Crippen LogP contribution in [0.4, 0.5) is 0 Å². The molecule has 0 atom stereocenters. The standard InChI is InChI=1S/C14H12N4O/c1-2-4-12(5-3-1)10-19-13-6-7-16-14(17-13)18-9-8-15-11-18/h1-9,11H,10H2. The molecule has 0 spiro atoms. The number of aromatic nitrogens is 4. The lowest BCUT2D eigenvalue weighted by molar-refractivity contribution is 0.293. The van der Waals surface area contributed by atoms with Gasteiger partial charge in [0.25, 0.3) is 0 Å². The predicted molar refractivity (Wildman–Crippen MR) is 69.9 cm³/mol. The van der Waals surface area contributed by atoms with Crippen molar-refractivity contribution in [2.45, 2.75) is 6.61 Å². The molecule has 0 bridgehead atoms. The highest BCUT2D eigenvalue weighted by atomic mass is 16.5. The van der Waals surface area contributed by atoms with Gasteiger partial charge in [-0.1, -0.05) is 30.3 Å². The van der Waals surface area contributed by atoms with E-state index in [0.29, 0.717) is 18.4 Å². The molecule has 0 unspecified atom stereocenters. The summed E-state index contributed by atoms with van der Waals surface area (Å²) in [6.07, 6.45) is 6.79. The first-order chi connectivity index (χ1) is 9.42. The summed E-state index contributed by atoms with van der Waals surface area (Å²) < 4.78 is 7.38. The molecule has 3 rings (SSSR count). The Bertz CT molecular complexity index is 638. The number of benzene rings is 1. The summed E-state index contributed by atoms with van der Waals surface area (Å²) in [4.78, 5) is 12.5. The molecule has 2 aromatic heterocycles. The molecule has 0 aliphatic carbocycles. The number of hydrogen-bond acceptors (Lipinski definition) is 4. The first kappa shape index (κ1) is 11.4. The normalized spacial score (nSPS) is 10.3. The van der Waals surface area contributed by atoms with Gasteiger partial charge < -0.3 is 4.74 Å². The van der Waals surface area contributed by atoms with Crippen LogP contribution >= 0.6 is 0 Å². The van der Waals surface area contributed by atoms with Gasteiger partial charge in [0.05, 0.1) is 0 Å². The number of imidazole rings is 1. The summed E-state index contributed by atoms with van der Waals surface area (Å²) in [5.74, 6) is 1.09. The van der Waals surface area contributed by atoms with Crippen molar-refractivity contribution in [3.05, 3.63) is 66.9 Å². The van der Waals surface area contributed by atoms with Crippen molar-refractivity contribution < 1.29 is 4.74 Å². The van der Waals surface area contributed by atoms with Gasteiger partial charge in [-0.05, 0) is 5.56 Å². The lowest BCUT2D eigenvalue weighted by atomic mass is 10.2. The van der Waals surface area contributed by atoms with E-state index >= 15 is 0 Å². The van der Waals surface area contributed by atoms with E-state index < -0.39 is 0 Å². The Hall–Kier alpha value is -2.69. The molecule has 0 aliphatic heterocycles. The molecular formula is C14H12N4O. The minimum Gasteiger partial charge on any atom is -0.473 e. The molecule has 19 heavy (non-hydrogen) atoms. The minimum absolute atomic E-state index is 0.487. The summed E-state index contributed by atoms with van der Waals surface area (Å²) in [5.41, 5.74) is 1.10. The van der Waals surface area contributed by atoms with E-state index in [-0.39, 0.29) is 0 Å². The SMILES string of the molecule is c1ccc(COc2ccnc(-n3ccnc3)n2)cc1. The van der Waals surface area contributed by atoms with Crippen molar-refractivity contribution in [1.29, 1.82) is 0 Å². The van der Waals surface area contributed by atoms with Crippen molar-refractivity contribution in [2.75, 3.05) is 0 Å². The van der Waals surface area contributed by atoms with E-state index in [0.717, 1.165) is 5.56 Å². The van der Waals surface area contributed by atoms with Gasteiger partial charge in [-0.3, -0.25) is 4.57 Å². The molecule has 0 aliphatic rings. The third-order valence-electron chi connectivity index (χ3n) is 2.58. The van der Waals surface area contributed by atoms with Crippen molar-refractivity contribution in [1.82, 2.24) is 19.5 Å². The molecule has 2 heterocycles. The van der Waals surface area contributed by atoms with Crippen LogP contribution in [0.2, 0.25) is 0 Å². The van der Waals surface area contributed by atoms with Crippen LogP contribution in [0.15, 0.2) is 61.3 Å². The third kappa shape index (κ3) is 2.77. The van der Waals surface area contributed by atoms with Crippen molar-refractivity contribution in [3.8, 4) is 11.8 Å². The number of nitrogens with zero attached hydrogens (tertiary/aromatic N) is 4. The van der Waals surface area contributed by atoms with Gasteiger partial charge >= 0.3 is 0 Å². The van der Waals surface area contributed by atoms with Gasteiger partial charge in [0.2, 0.25) is 11.8 Å². The molecule has 5 heteroatoms. The number of ether oxygens (including phenoxy) is 1. The van der Waals surface area contributed by atoms with Crippen LogP contribution in [0.1, 0.15) is 5.56 Å². The van der Waals surface area contributed by atoms with Crippen LogP contribution in [-0.2, 0) is 6.61 Å². The zero-order valence-electron chi connectivity index (χ0n) is 10.2. The Morgan fingerprint density at radius 2 is 1.95 bits per heavy atom. The van der Waals surface area contributed by atoms with Crippen molar-refractivity contribution in [2.24, 2.45) is 0 Å². The second-order valence-corrected chi connectivity index (χ2v) is 3.94. The maximum Gasteiger partial charge on any atom is 0.238 e. The Labute approximate surface area is 110 Å². The largest absolute Gasteiger partial charge is 0.473 e. The molecule has 0 saturated carbocycles.